The molecule has 3 N–H and O–H groups in total. The molecule has 1 amide bonds. The number of primary amides is 1. The van der Waals surface area contributed by atoms with Crippen LogP contribution in [0.15, 0.2) is 0 Å². The Bertz CT molecular complexity index is 234. The van der Waals surface area contributed by atoms with E-state index in [4.69, 9.17) is 5.73 Å². The average Bonchev–Trinajstić information content (AvgIpc) is 1.80. The van der Waals surface area contributed by atoms with Crippen LogP contribution in [0, 0.1) is 0 Å². The number of nitrogens with one attached hydrogen (secondary N) is 1. The van der Waals surface area contributed by atoms with Gasteiger partial charge in [0.1, 0.15) is 0 Å². The lowest BCUT2D eigenvalue weighted by Crippen LogP contribution is -2.43. The predicted octanol–water partition coefficient (Wildman–Crippen LogP) is -1.20. The van der Waals surface area contributed by atoms with E-state index < -0.39 is 22.0 Å². The zero-order valence-corrected chi connectivity index (χ0v) is 7.31. The highest BCUT2D eigenvalue weighted by Gasteiger charge is 2.16. The van der Waals surface area contributed by atoms with Gasteiger partial charge in [0.05, 0.1) is 12.3 Å². The smallest absolute Gasteiger partial charge is 0.235 e. The quantitative estimate of drug-likeness (QED) is 0.569. The lowest BCUT2D eigenvalue weighted by molar-refractivity contribution is -0.119. The minimum Gasteiger partial charge on any atom is -0.368 e. The summed E-state index contributed by atoms with van der Waals surface area (Å²) >= 11 is 0. The summed E-state index contributed by atoms with van der Waals surface area (Å²) < 4.78 is 23.3. The third-order valence-corrected chi connectivity index (χ3v) is 1.82. The molecule has 0 aromatic rings. The molecule has 0 bridgehead atoms. The van der Waals surface area contributed by atoms with Gasteiger partial charge in [-0.1, -0.05) is 6.92 Å². The van der Waals surface area contributed by atoms with E-state index in [1.54, 1.807) is 6.92 Å². The van der Waals surface area contributed by atoms with Crippen molar-refractivity contribution in [1.82, 2.24) is 4.72 Å². The molecular weight excluding hydrogens is 168 g/mol. The van der Waals surface area contributed by atoms with Crippen LogP contribution in [0.4, 0.5) is 0 Å². The molecule has 0 radical (unpaired) electrons. The molecule has 6 heteroatoms. The number of amides is 1. The number of sulfonamides is 1. The van der Waals surface area contributed by atoms with Crippen LogP contribution in [0.5, 0.6) is 0 Å². The number of hydrogen-bond donors (Lipinski definition) is 2. The predicted molar refractivity (Wildman–Crippen MR) is 41.3 cm³/mol. The summed E-state index contributed by atoms with van der Waals surface area (Å²) in [7, 11) is -3.33. The zero-order chi connectivity index (χ0) is 9.07. The summed E-state index contributed by atoms with van der Waals surface area (Å²) in [5, 5.41) is 0. The van der Waals surface area contributed by atoms with Crippen LogP contribution in [0.3, 0.4) is 0 Å². The molecule has 0 aliphatic rings. The van der Waals surface area contributed by atoms with Crippen LogP contribution in [-0.2, 0) is 14.8 Å². The second kappa shape index (κ2) is 3.68. The summed E-state index contributed by atoms with van der Waals surface area (Å²) in [5.74, 6) is -0.655. The van der Waals surface area contributed by atoms with Gasteiger partial charge in [-0.3, -0.25) is 4.79 Å². The molecule has 5 nitrogen and oxygen atoms in total. The molecule has 0 fully saturated rings. The molecule has 1 atom stereocenters. The van der Waals surface area contributed by atoms with Gasteiger partial charge in [0.2, 0.25) is 15.9 Å². The van der Waals surface area contributed by atoms with Crippen molar-refractivity contribution in [3.05, 3.63) is 0 Å². The minimum atomic E-state index is -3.33. The molecule has 0 aliphatic carbocycles. The standard InChI is InChI=1S/C5H12N2O3S/c1-3-4(5(6)8)7-11(2,9)10/h4,7H,3H2,1-2H3,(H2,6,8)/t4-/m1/s1. The van der Waals surface area contributed by atoms with E-state index in [0.29, 0.717) is 6.42 Å². The van der Waals surface area contributed by atoms with Gasteiger partial charge < -0.3 is 5.73 Å². The molecule has 0 unspecified atom stereocenters. The fourth-order valence-corrected chi connectivity index (χ4v) is 1.40. The molecular formula is C5H12N2O3S. The fraction of sp³-hybridized carbons (Fsp3) is 0.800. The van der Waals surface area contributed by atoms with E-state index in [-0.39, 0.29) is 0 Å². The first-order chi connectivity index (χ1) is 4.87. The largest absolute Gasteiger partial charge is 0.368 e. The number of carbonyl (C=O) groups is 1. The second-order valence-electron chi connectivity index (χ2n) is 2.25. The third kappa shape index (κ3) is 4.74. The molecule has 0 spiro atoms. The summed E-state index contributed by atoms with van der Waals surface area (Å²) in [5.41, 5.74) is 4.89. The van der Waals surface area contributed by atoms with E-state index in [0.717, 1.165) is 6.26 Å². The Morgan fingerprint density at radius 2 is 2.09 bits per heavy atom. The highest BCUT2D eigenvalue weighted by atomic mass is 32.2. The van der Waals surface area contributed by atoms with Crippen molar-refractivity contribution in [2.75, 3.05) is 6.26 Å². The lowest BCUT2D eigenvalue weighted by atomic mass is 10.2. The van der Waals surface area contributed by atoms with Gasteiger partial charge in [-0.05, 0) is 6.42 Å². The van der Waals surface area contributed by atoms with Gasteiger partial charge in [-0.25, -0.2) is 13.1 Å². The number of hydrogen-bond acceptors (Lipinski definition) is 3. The Hall–Kier alpha value is -0.620. The van der Waals surface area contributed by atoms with E-state index in [1.807, 2.05) is 0 Å². The van der Waals surface area contributed by atoms with Crippen LogP contribution in [0.25, 0.3) is 0 Å². The maximum absolute atomic E-state index is 10.6. The van der Waals surface area contributed by atoms with Crippen LogP contribution >= 0.6 is 0 Å². The van der Waals surface area contributed by atoms with Gasteiger partial charge in [-0.15, -0.1) is 0 Å². The van der Waals surface area contributed by atoms with Gasteiger partial charge in [0.15, 0.2) is 0 Å². The van der Waals surface area contributed by atoms with Crippen LogP contribution in [0.1, 0.15) is 13.3 Å². The highest BCUT2D eigenvalue weighted by molar-refractivity contribution is 7.88. The molecule has 0 aliphatic heterocycles. The van der Waals surface area contributed by atoms with Crippen LogP contribution in [0.2, 0.25) is 0 Å². The maximum atomic E-state index is 10.6. The van der Waals surface area contributed by atoms with Gasteiger partial charge >= 0.3 is 0 Å². The van der Waals surface area contributed by atoms with Gasteiger partial charge in [-0.2, -0.15) is 0 Å². The molecule has 0 aromatic heterocycles. The van der Waals surface area contributed by atoms with E-state index >= 15 is 0 Å². The first-order valence-electron chi connectivity index (χ1n) is 3.13. The second-order valence-corrected chi connectivity index (χ2v) is 4.03. The molecule has 0 rings (SSSR count). The molecule has 66 valence electrons. The van der Waals surface area contributed by atoms with Crippen molar-refractivity contribution in [1.29, 1.82) is 0 Å². The highest BCUT2D eigenvalue weighted by Crippen LogP contribution is 1.90. The van der Waals surface area contributed by atoms with Crippen molar-refractivity contribution in [2.45, 2.75) is 19.4 Å². The Morgan fingerprint density at radius 1 is 1.64 bits per heavy atom. The first kappa shape index (κ1) is 10.4. The average molecular weight is 180 g/mol. The Balaban J connectivity index is 4.22. The molecule has 0 aromatic carbocycles. The first-order valence-corrected chi connectivity index (χ1v) is 5.02. The topological polar surface area (TPSA) is 89.3 Å². The lowest BCUT2D eigenvalue weighted by Gasteiger charge is -2.10. The Kier molecular flexibility index (Phi) is 3.47. The van der Waals surface area contributed by atoms with Crippen molar-refractivity contribution in [3.63, 3.8) is 0 Å². The molecule has 0 saturated heterocycles. The Morgan fingerprint density at radius 3 is 2.18 bits per heavy atom. The van der Waals surface area contributed by atoms with E-state index in [2.05, 4.69) is 4.72 Å². The normalized spacial score (nSPS) is 14.4. The molecule has 0 saturated carbocycles. The summed E-state index contributed by atoms with van der Waals surface area (Å²) in [6, 6.07) is -0.787. The van der Waals surface area contributed by atoms with Crippen molar-refractivity contribution >= 4 is 15.9 Å². The number of nitrogens with two attached hydrogens (primary N) is 1. The summed E-state index contributed by atoms with van der Waals surface area (Å²) in [6.07, 6.45) is 1.35. The van der Waals surface area contributed by atoms with Crippen molar-refractivity contribution in [3.8, 4) is 0 Å². The minimum absolute atomic E-state index is 0.363. The van der Waals surface area contributed by atoms with Crippen LogP contribution in [-0.4, -0.2) is 26.6 Å². The van der Waals surface area contributed by atoms with Gasteiger partial charge in [0, 0.05) is 0 Å². The van der Waals surface area contributed by atoms with Crippen molar-refractivity contribution < 1.29 is 13.2 Å². The van der Waals surface area contributed by atoms with Crippen LogP contribution < -0.4 is 10.5 Å². The van der Waals surface area contributed by atoms with E-state index in [1.165, 1.54) is 0 Å². The summed E-state index contributed by atoms with van der Waals surface area (Å²) in [4.78, 5) is 10.5. The molecule has 0 heterocycles. The summed E-state index contributed by atoms with van der Waals surface area (Å²) in [6.45, 7) is 1.67. The Labute approximate surface area is 66.0 Å². The number of carbonyl (C=O) groups excluding carboxylic acids is 1. The van der Waals surface area contributed by atoms with E-state index in [9.17, 15) is 13.2 Å². The fourth-order valence-electron chi connectivity index (χ4n) is 0.601. The SMILES string of the molecule is CC[C@@H](NS(C)(=O)=O)C(N)=O. The zero-order valence-electron chi connectivity index (χ0n) is 6.49. The monoisotopic (exact) mass is 180 g/mol. The maximum Gasteiger partial charge on any atom is 0.235 e. The number of rotatable bonds is 4. The molecule has 11 heavy (non-hydrogen) atoms. The third-order valence-electron chi connectivity index (χ3n) is 1.11. The van der Waals surface area contributed by atoms with Gasteiger partial charge in [0.25, 0.3) is 0 Å². The van der Waals surface area contributed by atoms with Crippen molar-refractivity contribution in [2.24, 2.45) is 5.73 Å².